The van der Waals surface area contributed by atoms with Crippen molar-refractivity contribution in [3.8, 4) is 0 Å². The predicted molar refractivity (Wildman–Crippen MR) is 46.2 cm³/mol. The highest BCUT2D eigenvalue weighted by molar-refractivity contribution is 5.83. The van der Waals surface area contributed by atoms with Gasteiger partial charge >= 0.3 is 0 Å². The first kappa shape index (κ1) is 8.05. The Hall–Kier alpha value is -0.570. The Morgan fingerprint density at radius 3 is 2.67 bits per heavy atom. The Bertz CT molecular complexity index is 217. The van der Waals surface area contributed by atoms with Crippen molar-refractivity contribution < 1.29 is 4.79 Å². The summed E-state index contributed by atoms with van der Waals surface area (Å²) in [4.78, 5) is 11.4. The van der Waals surface area contributed by atoms with E-state index >= 15 is 0 Å². The summed E-state index contributed by atoms with van der Waals surface area (Å²) in [6, 6.07) is 0.0301. The van der Waals surface area contributed by atoms with Gasteiger partial charge in [-0.1, -0.05) is 6.42 Å². The molecular weight excluding hydrogens is 152 g/mol. The van der Waals surface area contributed by atoms with Crippen molar-refractivity contribution in [2.24, 2.45) is 22.8 Å². The monoisotopic (exact) mass is 168 g/mol. The Morgan fingerprint density at radius 2 is 2.08 bits per heavy atom. The first-order valence-corrected chi connectivity index (χ1v) is 4.73. The second-order valence-corrected chi connectivity index (χ2v) is 4.18. The maximum atomic E-state index is 11.4. The van der Waals surface area contributed by atoms with Crippen LogP contribution in [0, 0.1) is 11.3 Å². The van der Waals surface area contributed by atoms with Gasteiger partial charge in [-0.3, -0.25) is 4.79 Å². The van der Waals surface area contributed by atoms with E-state index < -0.39 is 0 Å². The average molecular weight is 168 g/mol. The molecule has 0 spiro atoms. The summed E-state index contributed by atoms with van der Waals surface area (Å²) in [5.41, 5.74) is 11.1. The SMILES string of the molecule is NC(=O)C12CCCC1CCC2N. The lowest BCUT2D eigenvalue weighted by molar-refractivity contribution is -0.129. The van der Waals surface area contributed by atoms with Crippen LogP contribution in [0.25, 0.3) is 0 Å². The summed E-state index contributed by atoms with van der Waals surface area (Å²) < 4.78 is 0. The van der Waals surface area contributed by atoms with Crippen molar-refractivity contribution in [3.63, 3.8) is 0 Å². The van der Waals surface area contributed by atoms with Gasteiger partial charge < -0.3 is 11.5 Å². The lowest BCUT2D eigenvalue weighted by Crippen LogP contribution is -2.48. The standard InChI is InChI=1S/C9H16N2O/c10-7-4-3-6-2-1-5-9(6,7)8(11)12/h6-7H,1-5,10H2,(H2,11,12). The normalized spacial score (nSPS) is 46.1. The van der Waals surface area contributed by atoms with Crippen LogP contribution in [-0.4, -0.2) is 11.9 Å². The lowest BCUT2D eigenvalue weighted by Gasteiger charge is -2.29. The average Bonchev–Trinajstić information content (AvgIpc) is 2.52. The van der Waals surface area contributed by atoms with Crippen LogP contribution in [0.2, 0.25) is 0 Å². The molecule has 0 radical (unpaired) electrons. The van der Waals surface area contributed by atoms with E-state index in [1.165, 1.54) is 0 Å². The highest BCUT2D eigenvalue weighted by atomic mass is 16.1. The summed E-state index contributed by atoms with van der Waals surface area (Å²) in [6.07, 6.45) is 5.28. The second-order valence-electron chi connectivity index (χ2n) is 4.18. The molecule has 4 N–H and O–H groups in total. The van der Waals surface area contributed by atoms with Gasteiger partial charge in [0.05, 0.1) is 5.41 Å². The quantitative estimate of drug-likeness (QED) is 0.594. The molecular formula is C9H16N2O. The van der Waals surface area contributed by atoms with Crippen LogP contribution >= 0.6 is 0 Å². The zero-order chi connectivity index (χ0) is 8.77. The lowest BCUT2D eigenvalue weighted by atomic mass is 9.77. The van der Waals surface area contributed by atoms with Gasteiger partial charge in [-0.25, -0.2) is 0 Å². The van der Waals surface area contributed by atoms with Crippen LogP contribution in [-0.2, 0) is 4.79 Å². The van der Waals surface area contributed by atoms with Crippen molar-refractivity contribution in [3.05, 3.63) is 0 Å². The first-order valence-electron chi connectivity index (χ1n) is 4.73. The molecule has 3 unspecified atom stereocenters. The third-order valence-corrected chi connectivity index (χ3v) is 3.82. The fraction of sp³-hybridized carbons (Fsp3) is 0.889. The van der Waals surface area contributed by atoms with Crippen molar-refractivity contribution >= 4 is 5.91 Å². The molecule has 0 aliphatic heterocycles. The van der Waals surface area contributed by atoms with E-state index in [2.05, 4.69) is 0 Å². The summed E-state index contributed by atoms with van der Waals surface area (Å²) in [6.45, 7) is 0. The minimum Gasteiger partial charge on any atom is -0.369 e. The minimum absolute atomic E-state index is 0.0301. The van der Waals surface area contributed by atoms with Gasteiger partial charge in [0.1, 0.15) is 0 Å². The van der Waals surface area contributed by atoms with E-state index in [-0.39, 0.29) is 17.4 Å². The van der Waals surface area contributed by atoms with Crippen LogP contribution in [0.3, 0.4) is 0 Å². The zero-order valence-corrected chi connectivity index (χ0v) is 7.25. The molecule has 0 aromatic rings. The largest absolute Gasteiger partial charge is 0.369 e. The molecule has 68 valence electrons. The number of carbonyl (C=O) groups excluding carboxylic acids is 1. The molecule has 3 atom stereocenters. The third kappa shape index (κ3) is 0.774. The smallest absolute Gasteiger partial charge is 0.225 e. The molecule has 1 amide bonds. The topological polar surface area (TPSA) is 69.1 Å². The Labute approximate surface area is 72.5 Å². The van der Waals surface area contributed by atoms with Gasteiger partial charge in [0.2, 0.25) is 5.91 Å². The summed E-state index contributed by atoms with van der Waals surface area (Å²) in [5, 5.41) is 0. The van der Waals surface area contributed by atoms with E-state index in [1.54, 1.807) is 0 Å². The molecule has 0 saturated heterocycles. The van der Waals surface area contributed by atoms with Gasteiger partial charge in [-0.2, -0.15) is 0 Å². The molecule has 3 heteroatoms. The maximum Gasteiger partial charge on any atom is 0.225 e. The molecule has 0 heterocycles. The molecule has 2 aliphatic rings. The second kappa shape index (κ2) is 2.46. The molecule has 0 aromatic heterocycles. The molecule has 0 aromatic carbocycles. The van der Waals surface area contributed by atoms with Crippen LogP contribution in [0.15, 0.2) is 0 Å². The third-order valence-electron chi connectivity index (χ3n) is 3.82. The van der Waals surface area contributed by atoms with Crippen LogP contribution in [0.1, 0.15) is 32.1 Å². The van der Waals surface area contributed by atoms with E-state index in [1.807, 2.05) is 0 Å². The van der Waals surface area contributed by atoms with E-state index in [4.69, 9.17) is 11.5 Å². The van der Waals surface area contributed by atoms with Gasteiger partial charge in [-0.05, 0) is 31.6 Å². The minimum atomic E-state index is -0.319. The molecule has 2 saturated carbocycles. The molecule has 3 nitrogen and oxygen atoms in total. The van der Waals surface area contributed by atoms with Gasteiger partial charge in [0, 0.05) is 6.04 Å². The van der Waals surface area contributed by atoms with E-state index in [0.717, 1.165) is 32.1 Å². The van der Waals surface area contributed by atoms with Crippen molar-refractivity contribution in [2.45, 2.75) is 38.1 Å². The molecule has 2 fully saturated rings. The Balaban J connectivity index is 2.33. The number of nitrogens with two attached hydrogens (primary N) is 2. The van der Waals surface area contributed by atoms with E-state index in [0.29, 0.717) is 5.92 Å². The van der Waals surface area contributed by atoms with Gasteiger partial charge in [-0.15, -0.1) is 0 Å². The number of hydrogen-bond acceptors (Lipinski definition) is 2. The molecule has 2 aliphatic carbocycles. The van der Waals surface area contributed by atoms with Crippen molar-refractivity contribution in [1.29, 1.82) is 0 Å². The Morgan fingerprint density at radius 1 is 1.33 bits per heavy atom. The first-order chi connectivity index (χ1) is 5.68. The number of primary amides is 1. The maximum absolute atomic E-state index is 11.4. The van der Waals surface area contributed by atoms with Crippen molar-refractivity contribution in [2.75, 3.05) is 0 Å². The zero-order valence-electron chi connectivity index (χ0n) is 7.25. The number of fused-ring (bicyclic) bond motifs is 1. The van der Waals surface area contributed by atoms with Gasteiger partial charge in [0.15, 0.2) is 0 Å². The van der Waals surface area contributed by atoms with Crippen LogP contribution < -0.4 is 11.5 Å². The number of rotatable bonds is 1. The number of hydrogen-bond donors (Lipinski definition) is 2. The van der Waals surface area contributed by atoms with Gasteiger partial charge in [0.25, 0.3) is 0 Å². The highest BCUT2D eigenvalue weighted by Crippen LogP contribution is 2.53. The molecule has 12 heavy (non-hydrogen) atoms. The van der Waals surface area contributed by atoms with Crippen LogP contribution in [0.4, 0.5) is 0 Å². The molecule has 0 bridgehead atoms. The summed E-state index contributed by atoms with van der Waals surface area (Å²) >= 11 is 0. The molecule has 2 rings (SSSR count). The number of amides is 1. The van der Waals surface area contributed by atoms with Crippen LogP contribution in [0.5, 0.6) is 0 Å². The Kier molecular flexibility index (Phi) is 1.65. The summed E-state index contributed by atoms with van der Waals surface area (Å²) in [7, 11) is 0. The predicted octanol–water partition coefficient (Wildman–Crippen LogP) is 0.379. The van der Waals surface area contributed by atoms with Crippen molar-refractivity contribution in [1.82, 2.24) is 0 Å². The highest BCUT2D eigenvalue weighted by Gasteiger charge is 2.55. The van der Waals surface area contributed by atoms with E-state index in [9.17, 15) is 4.79 Å². The summed E-state index contributed by atoms with van der Waals surface area (Å²) in [5.74, 6) is 0.333. The fourth-order valence-electron chi connectivity index (χ4n) is 3.14. The fourth-order valence-corrected chi connectivity index (χ4v) is 3.14. The number of carbonyl (C=O) groups is 1.